The molecule has 2 aromatic carbocycles. The first kappa shape index (κ1) is 17.0. The van der Waals surface area contributed by atoms with Gasteiger partial charge in [-0.1, -0.05) is 53.7 Å². The molecule has 0 fully saturated rings. The Morgan fingerprint density at radius 3 is 2.52 bits per heavy atom. The van der Waals surface area contributed by atoms with Gasteiger partial charge in [-0.3, -0.25) is 0 Å². The predicted octanol–water partition coefficient (Wildman–Crippen LogP) is 4.86. The number of rotatable bonds is 4. The molecule has 0 N–H and O–H groups in total. The van der Waals surface area contributed by atoms with Crippen molar-refractivity contribution in [1.29, 1.82) is 0 Å². The Balaban J connectivity index is 1.72. The maximum absolute atomic E-state index is 12.9. The van der Waals surface area contributed by atoms with E-state index in [1.165, 1.54) is 0 Å². The van der Waals surface area contributed by atoms with Crippen LogP contribution in [-0.4, -0.2) is 16.1 Å². The molecule has 0 aliphatic carbocycles. The fourth-order valence-electron chi connectivity index (χ4n) is 3.02. The number of nitrogens with zero attached hydrogens (tertiary/aromatic N) is 2. The van der Waals surface area contributed by atoms with Gasteiger partial charge >= 0.3 is 5.97 Å². The number of para-hydroxylation sites is 1. The lowest BCUT2D eigenvalue weighted by Crippen LogP contribution is -2.08. The van der Waals surface area contributed by atoms with Gasteiger partial charge in [-0.05, 0) is 26.0 Å². The first-order valence-electron chi connectivity index (χ1n) is 8.67. The molecule has 4 rings (SSSR count). The third kappa shape index (κ3) is 3.31. The average molecular weight is 358 g/mol. The highest BCUT2D eigenvalue weighted by Gasteiger charge is 2.17. The summed E-state index contributed by atoms with van der Waals surface area (Å²) >= 11 is 0. The Hall–Kier alpha value is -3.47. The average Bonchev–Trinajstić information content (AvgIpc) is 3.03. The van der Waals surface area contributed by atoms with Crippen LogP contribution in [0.2, 0.25) is 0 Å². The molecule has 2 aromatic heterocycles. The molecule has 0 radical (unpaired) electrons. The zero-order valence-electron chi connectivity index (χ0n) is 15.1. The summed E-state index contributed by atoms with van der Waals surface area (Å²) in [7, 11) is 0. The van der Waals surface area contributed by atoms with Crippen molar-refractivity contribution in [2.24, 2.45) is 0 Å². The minimum absolute atomic E-state index is 0.122. The smallest absolute Gasteiger partial charge is 0.339 e. The minimum atomic E-state index is -0.397. The molecule has 4 aromatic rings. The van der Waals surface area contributed by atoms with E-state index in [1.807, 2.05) is 61.5 Å². The van der Waals surface area contributed by atoms with Crippen LogP contribution in [0.4, 0.5) is 0 Å². The predicted molar refractivity (Wildman–Crippen MR) is 102 cm³/mol. The van der Waals surface area contributed by atoms with Crippen LogP contribution in [0.3, 0.4) is 0 Å². The number of aryl methyl sites for hydroxylation is 2. The summed E-state index contributed by atoms with van der Waals surface area (Å²) in [5.74, 6) is 0.260. The fraction of sp³-hybridized carbons (Fsp3) is 0.136. The van der Waals surface area contributed by atoms with Crippen LogP contribution in [-0.2, 0) is 11.3 Å². The molecule has 0 aliphatic rings. The molecule has 0 unspecified atom stereocenters. The highest BCUT2D eigenvalue weighted by atomic mass is 16.5. The van der Waals surface area contributed by atoms with Crippen LogP contribution in [0.5, 0.6) is 0 Å². The van der Waals surface area contributed by atoms with E-state index >= 15 is 0 Å². The van der Waals surface area contributed by atoms with Gasteiger partial charge in [-0.25, -0.2) is 9.78 Å². The Kier molecular flexibility index (Phi) is 4.42. The Labute approximate surface area is 156 Å². The second kappa shape index (κ2) is 7.03. The lowest BCUT2D eigenvalue weighted by molar-refractivity contribution is 0.0473. The lowest BCUT2D eigenvalue weighted by atomic mass is 10.0. The lowest BCUT2D eigenvalue weighted by Gasteiger charge is -2.10. The number of hydrogen-bond acceptors (Lipinski definition) is 5. The minimum Gasteiger partial charge on any atom is -0.457 e. The fourth-order valence-corrected chi connectivity index (χ4v) is 3.02. The molecule has 0 aliphatic heterocycles. The van der Waals surface area contributed by atoms with Crippen LogP contribution in [0.15, 0.2) is 65.2 Å². The number of fused-ring (bicyclic) bond motifs is 1. The number of carbonyl (C=O) groups excluding carboxylic acids is 1. The third-order valence-corrected chi connectivity index (χ3v) is 4.53. The molecular formula is C22H18N2O3. The van der Waals surface area contributed by atoms with Crippen molar-refractivity contribution in [1.82, 2.24) is 10.1 Å². The number of pyridine rings is 1. The molecule has 0 atom stereocenters. The van der Waals surface area contributed by atoms with E-state index in [1.54, 1.807) is 13.0 Å². The molecule has 0 saturated carbocycles. The van der Waals surface area contributed by atoms with E-state index in [0.29, 0.717) is 11.3 Å². The number of hydrogen-bond donors (Lipinski definition) is 0. The van der Waals surface area contributed by atoms with Gasteiger partial charge in [0.15, 0.2) is 0 Å². The van der Waals surface area contributed by atoms with Crippen LogP contribution in [0.25, 0.3) is 22.2 Å². The summed E-state index contributed by atoms with van der Waals surface area (Å²) < 4.78 is 10.7. The Morgan fingerprint density at radius 1 is 1.04 bits per heavy atom. The van der Waals surface area contributed by atoms with E-state index in [-0.39, 0.29) is 6.61 Å². The van der Waals surface area contributed by atoms with Gasteiger partial charge in [0.2, 0.25) is 0 Å². The summed E-state index contributed by atoms with van der Waals surface area (Å²) in [6, 6.07) is 19.1. The van der Waals surface area contributed by atoms with Crippen LogP contribution < -0.4 is 0 Å². The first-order valence-corrected chi connectivity index (χ1v) is 8.67. The molecule has 2 heterocycles. The maximum atomic E-state index is 12.9. The summed E-state index contributed by atoms with van der Waals surface area (Å²) in [5, 5.41) is 4.66. The number of esters is 1. The summed E-state index contributed by atoms with van der Waals surface area (Å²) in [6.45, 7) is 3.75. The summed E-state index contributed by atoms with van der Waals surface area (Å²) in [6.07, 6.45) is 0. The van der Waals surface area contributed by atoms with Gasteiger partial charge in [0.05, 0.1) is 28.0 Å². The highest BCUT2D eigenvalue weighted by molar-refractivity contribution is 6.04. The molecular weight excluding hydrogens is 340 g/mol. The zero-order valence-corrected chi connectivity index (χ0v) is 15.1. The molecule has 0 amide bonds. The van der Waals surface area contributed by atoms with E-state index in [0.717, 1.165) is 33.4 Å². The van der Waals surface area contributed by atoms with Gasteiger partial charge in [0, 0.05) is 10.9 Å². The Bertz CT molecular complexity index is 1100. The molecule has 5 nitrogen and oxygen atoms in total. The number of aromatic nitrogens is 2. The van der Waals surface area contributed by atoms with Gasteiger partial charge in [0.1, 0.15) is 12.4 Å². The van der Waals surface area contributed by atoms with Crippen molar-refractivity contribution >= 4 is 16.9 Å². The first-order chi connectivity index (χ1) is 13.1. The summed E-state index contributed by atoms with van der Waals surface area (Å²) in [4.78, 5) is 17.6. The molecule has 27 heavy (non-hydrogen) atoms. The SMILES string of the molecule is Cc1noc(C)c1COC(=O)c1cc(-c2ccccc2)nc2ccccc12. The molecule has 0 spiro atoms. The molecule has 5 heteroatoms. The van der Waals surface area contributed by atoms with Gasteiger partial charge in [-0.2, -0.15) is 0 Å². The van der Waals surface area contributed by atoms with Crippen LogP contribution in [0.1, 0.15) is 27.4 Å². The van der Waals surface area contributed by atoms with Crippen molar-refractivity contribution in [3.8, 4) is 11.3 Å². The van der Waals surface area contributed by atoms with Gasteiger partial charge < -0.3 is 9.26 Å². The molecule has 0 bridgehead atoms. The largest absolute Gasteiger partial charge is 0.457 e. The normalized spacial score (nSPS) is 10.9. The van der Waals surface area contributed by atoms with Crippen molar-refractivity contribution in [3.63, 3.8) is 0 Å². The maximum Gasteiger partial charge on any atom is 0.339 e. The quantitative estimate of drug-likeness (QED) is 0.487. The number of benzene rings is 2. The standard InChI is InChI=1S/C22H18N2O3/c1-14-19(15(2)27-24-14)13-26-22(25)18-12-21(16-8-4-3-5-9-16)23-20-11-7-6-10-17(18)20/h3-12H,13H2,1-2H3. The number of ether oxygens (including phenoxy) is 1. The highest BCUT2D eigenvalue weighted by Crippen LogP contribution is 2.26. The summed E-state index contributed by atoms with van der Waals surface area (Å²) in [5.41, 5.74) is 4.45. The second-order valence-corrected chi connectivity index (χ2v) is 6.32. The van der Waals surface area contributed by atoms with Crippen LogP contribution in [0, 0.1) is 13.8 Å². The zero-order chi connectivity index (χ0) is 18.8. The molecule has 0 saturated heterocycles. The van der Waals surface area contributed by atoms with E-state index < -0.39 is 5.97 Å². The number of carbonyl (C=O) groups is 1. The van der Waals surface area contributed by atoms with Crippen molar-refractivity contribution < 1.29 is 14.1 Å². The third-order valence-electron chi connectivity index (χ3n) is 4.53. The van der Waals surface area contributed by atoms with Crippen molar-refractivity contribution in [3.05, 3.63) is 83.2 Å². The topological polar surface area (TPSA) is 65.2 Å². The van der Waals surface area contributed by atoms with E-state index in [9.17, 15) is 4.79 Å². The van der Waals surface area contributed by atoms with Crippen molar-refractivity contribution in [2.75, 3.05) is 0 Å². The monoisotopic (exact) mass is 358 g/mol. The van der Waals surface area contributed by atoms with Gasteiger partial charge in [0.25, 0.3) is 0 Å². The molecule has 134 valence electrons. The second-order valence-electron chi connectivity index (χ2n) is 6.32. The van der Waals surface area contributed by atoms with Gasteiger partial charge in [-0.15, -0.1) is 0 Å². The van der Waals surface area contributed by atoms with E-state index in [2.05, 4.69) is 5.16 Å². The Morgan fingerprint density at radius 2 is 1.78 bits per heavy atom. The van der Waals surface area contributed by atoms with Crippen LogP contribution >= 0.6 is 0 Å². The van der Waals surface area contributed by atoms with E-state index in [4.69, 9.17) is 14.2 Å². The van der Waals surface area contributed by atoms with Crippen molar-refractivity contribution in [2.45, 2.75) is 20.5 Å².